The molecule has 0 bridgehead atoms. The average molecular weight is 475 g/mol. The number of hydrogen-bond acceptors (Lipinski definition) is 0. The lowest BCUT2D eigenvalue weighted by molar-refractivity contribution is -0.0790. The molecule has 0 unspecified atom stereocenters. The van der Waals surface area contributed by atoms with Crippen LogP contribution in [-0.2, 0) is 0 Å². The standard InChI is InChI=1S/C25H25ClF6/c1-2-3-4-15-5-7-16(8-6-15)17-12-22(28)24(23(29)13-17)18-11-20(26)19(21(27)14-18)9-10-25(30,31)32/h9-16H,2-8H2,1H3. The minimum absolute atomic E-state index is 0.0705. The molecule has 32 heavy (non-hydrogen) atoms. The maximum Gasteiger partial charge on any atom is 0.409 e. The fourth-order valence-corrected chi connectivity index (χ4v) is 4.72. The second-order valence-corrected chi connectivity index (χ2v) is 8.86. The maximum atomic E-state index is 14.9. The molecule has 3 rings (SSSR count). The van der Waals surface area contributed by atoms with Gasteiger partial charge in [0.15, 0.2) is 0 Å². The van der Waals surface area contributed by atoms with Gasteiger partial charge in [0.05, 0.1) is 10.6 Å². The van der Waals surface area contributed by atoms with E-state index in [1.165, 1.54) is 25.0 Å². The topological polar surface area (TPSA) is 0 Å². The zero-order valence-electron chi connectivity index (χ0n) is 17.7. The third-order valence-electron chi connectivity index (χ3n) is 6.16. The predicted octanol–water partition coefficient (Wildman–Crippen LogP) is 9.46. The highest BCUT2D eigenvalue weighted by Crippen LogP contribution is 2.40. The Morgan fingerprint density at radius 2 is 1.56 bits per heavy atom. The summed E-state index contributed by atoms with van der Waals surface area (Å²) >= 11 is 5.92. The summed E-state index contributed by atoms with van der Waals surface area (Å²) in [5, 5.41) is -0.367. The summed E-state index contributed by atoms with van der Waals surface area (Å²) in [4.78, 5) is 0. The van der Waals surface area contributed by atoms with E-state index >= 15 is 0 Å². The Kier molecular flexibility index (Phi) is 7.97. The summed E-state index contributed by atoms with van der Waals surface area (Å²) in [5.41, 5.74) is -0.530. The first-order valence-corrected chi connectivity index (χ1v) is 11.2. The van der Waals surface area contributed by atoms with Gasteiger partial charge in [0.25, 0.3) is 0 Å². The Balaban J connectivity index is 1.84. The first-order valence-electron chi connectivity index (χ1n) is 10.8. The molecule has 0 amide bonds. The molecule has 0 spiro atoms. The Morgan fingerprint density at radius 3 is 2.09 bits per heavy atom. The smallest absolute Gasteiger partial charge is 0.206 e. The molecule has 2 aromatic rings. The molecule has 1 fully saturated rings. The van der Waals surface area contributed by atoms with Crippen molar-refractivity contribution in [3.05, 3.63) is 63.9 Å². The molecule has 0 nitrogen and oxygen atoms in total. The quantitative estimate of drug-likeness (QED) is 0.366. The van der Waals surface area contributed by atoms with Crippen LogP contribution in [0.15, 0.2) is 30.3 Å². The minimum atomic E-state index is -4.64. The Hall–Kier alpha value is -1.95. The second-order valence-electron chi connectivity index (χ2n) is 8.45. The van der Waals surface area contributed by atoms with Gasteiger partial charge >= 0.3 is 6.18 Å². The van der Waals surface area contributed by atoms with E-state index in [0.29, 0.717) is 17.6 Å². The largest absolute Gasteiger partial charge is 0.409 e. The first-order chi connectivity index (χ1) is 15.1. The predicted molar refractivity (Wildman–Crippen MR) is 116 cm³/mol. The van der Waals surface area contributed by atoms with Gasteiger partial charge in [0.1, 0.15) is 17.5 Å². The van der Waals surface area contributed by atoms with Crippen molar-refractivity contribution < 1.29 is 26.3 Å². The third kappa shape index (κ3) is 6.09. The van der Waals surface area contributed by atoms with Crippen LogP contribution in [-0.4, -0.2) is 6.18 Å². The van der Waals surface area contributed by atoms with Crippen molar-refractivity contribution in [1.82, 2.24) is 0 Å². The van der Waals surface area contributed by atoms with Crippen LogP contribution in [0.1, 0.15) is 68.9 Å². The van der Waals surface area contributed by atoms with Gasteiger partial charge < -0.3 is 0 Å². The number of allylic oxidation sites excluding steroid dienone is 1. The van der Waals surface area contributed by atoms with E-state index < -0.39 is 34.8 Å². The van der Waals surface area contributed by atoms with Gasteiger partial charge in [-0.25, -0.2) is 13.2 Å². The van der Waals surface area contributed by atoms with E-state index in [1.807, 2.05) is 0 Å². The van der Waals surface area contributed by atoms with Crippen LogP contribution < -0.4 is 0 Å². The average Bonchev–Trinajstić information content (AvgIpc) is 2.70. The molecule has 0 saturated heterocycles. The monoisotopic (exact) mass is 474 g/mol. The zero-order chi connectivity index (χ0) is 23.5. The van der Waals surface area contributed by atoms with Crippen LogP contribution in [0.25, 0.3) is 17.2 Å². The summed E-state index contributed by atoms with van der Waals surface area (Å²) in [5.74, 6) is -2.05. The molecule has 1 saturated carbocycles. The molecule has 1 aliphatic carbocycles. The fraction of sp³-hybridized carbons (Fsp3) is 0.440. The van der Waals surface area contributed by atoms with Crippen molar-refractivity contribution in [3.63, 3.8) is 0 Å². The van der Waals surface area contributed by atoms with Crippen molar-refractivity contribution in [2.45, 2.75) is 64.0 Å². The van der Waals surface area contributed by atoms with Gasteiger partial charge in [-0.3, -0.25) is 0 Å². The van der Waals surface area contributed by atoms with Gasteiger partial charge in [-0.05, 0) is 79.0 Å². The van der Waals surface area contributed by atoms with Crippen LogP contribution in [0.2, 0.25) is 5.02 Å². The summed E-state index contributed by atoms with van der Waals surface area (Å²) < 4.78 is 81.3. The molecule has 0 aliphatic heterocycles. The van der Waals surface area contributed by atoms with Crippen LogP contribution in [0.3, 0.4) is 0 Å². The Bertz CT molecular complexity index is 925. The first kappa shape index (κ1) is 24.7. The third-order valence-corrected chi connectivity index (χ3v) is 6.47. The van der Waals surface area contributed by atoms with Crippen molar-refractivity contribution in [3.8, 4) is 11.1 Å². The lowest BCUT2D eigenvalue weighted by Gasteiger charge is -2.29. The van der Waals surface area contributed by atoms with Gasteiger partial charge in [-0.2, -0.15) is 13.2 Å². The van der Waals surface area contributed by atoms with Gasteiger partial charge in [0.2, 0.25) is 0 Å². The zero-order valence-corrected chi connectivity index (χ0v) is 18.5. The minimum Gasteiger partial charge on any atom is -0.206 e. The Labute approximate surface area is 189 Å². The SMILES string of the molecule is CCCCC1CCC(c2cc(F)c(-c3cc(F)c(C=CC(F)(F)F)c(Cl)c3)c(F)c2)CC1. The van der Waals surface area contributed by atoms with Crippen LogP contribution in [0, 0.1) is 23.4 Å². The van der Waals surface area contributed by atoms with E-state index in [1.54, 1.807) is 0 Å². The highest BCUT2D eigenvalue weighted by molar-refractivity contribution is 6.32. The van der Waals surface area contributed by atoms with E-state index in [9.17, 15) is 26.3 Å². The van der Waals surface area contributed by atoms with Crippen molar-refractivity contribution >= 4 is 17.7 Å². The summed E-state index contributed by atoms with van der Waals surface area (Å²) in [7, 11) is 0. The van der Waals surface area contributed by atoms with E-state index in [-0.39, 0.29) is 22.6 Å². The summed E-state index contributed by atoms with van der Waals surface area (Å²) in [6.07, 6.45) is 3.04. The lowest BCUT2D eigenvalue weighted by atomic mass is 9.77. The molecule has 0 atom stereocenters. The number of halogens is 7. The number of rotatable bonds is 6. The summed E-state index contributed by atoms with van der Waals surface area (Å²) in [6.45, 7) is 2.16. The number of unbranched alkanes of at least 4 members (excludes halogenated alkanes) is 1. The van der Waals surface area contributed by atoms with Crippen molar-refractivity contribution in [1.29, 1.82) is 0 Å². The molecule has 2 aromatic carbocycles. The number of hydrogen-bond donors (Lipinski definition) is 0. The lowest BCUT2D eigenvalue weighted by Crippen LogP contribution is -2.14. The van der Waals surface area contributed by atoms with Gasteiger partial charge in [0, 0.05) is 11.6 Å². The molecular weight excluding hydrogens is 450 g/mol. The molecule has 0 aromatic heterocycles. The fourth-order valence-electron chi connectivity index (χ4n) is 4.45. The highest BCUT2D eigenvalue weighted by Gasteiger charge is 2.25. The van der Waals surface area contributed by atoms with E-state index in [2.05, 4.69) is 6.92 Å². The molecule has 7 heteroatoms. The van der Waals surface area contributed by atoms with Crippen LogP contribution >= 0.6 is 11.6 Å². The summed E-state index contributed by atoms with van der Waals surface area (Å²) in [6, 6.07) is 4.42. The molecule has 1 aliphatic rings. The molecule has 0 radical (unpaired) electrons. The Morgan fingerprint density at radius 1 is 0.938 bits per heavy atom. The maximum absolute atomic E-state index is 14.9. The molecule has 0 heterocycles. The van der Waals surface area contributed by atoms with Crippen molar-refractivity contribution in [2.75, 3.05) is 0 Å². The molecular formula is C25H25ClF6. The van der Waals surface area contributed by atoms with Gasteiger partial charge in [-0.15, -0.1) is 0 Å². The molecule has 174 valence electrons. The van der Waals surface area contributed by atoms with Crippen LogP contribution in [0.4, 0.5) is 26.3 Å². The number of benzene rings is 2. The van der Waals surface area contributed by atoms with Crippen molar-refractivity contribution in [2.24, 2.45) is 5.92 Å². The normalized spacial score (nSPS) is 19.6. The second kappa shape index (κ2) is 10.3. The van der Waals surface area contributed by atoms with E-state index in [0.717, 1.165) is 44.2 Å². The van der Waals surface area contributed by atoms with Crippen LogP contribution in [0.5, 0.6) is 0 Å². The molecule has 0 N–H and O–H groups in total. The number of alkyl halides is 3. The van der Waals surface area contributed by atoms with E-state index in [4.69, 9.17) is 11.6 Å². The van der Waals surface area contributed by atoms with Gasteiger partial charge in [-0.1, -0.05) is 37.8 Å². The highest BCUT2D eigenvalue weighted by atomic mass is 35.5.